The first kappa shape index (κ1) is 13.7. The molecule has 1 amide bonds. The van der Waals surface area contributed by atoms with Crippen LogP contribution in [0, 0.1) is 17.0 Å². The summed E-state index contributed by atoms with van der Waals surface area (Å²) in [5.74, 6) is -0.257. The Morgan fingerprint density at radius 1 is 1.45 bits per heavy atom. The number of amides is 1. The maximum absolute atomic E-state index is 12.1. The van der Waals surface area contributed by atoms with Crippen molar-refractivity contribution in [2.75, 3.05) is 7.05 Å². The first-order valence-electron chi connectivity index (χ1n) is 5.90. The van der Waals surface area contributed by atoms with Crippen LogP contribution in [0.4, 0.5) is 5.69 Å². The highest BCUT2D eigenvalue weighted by molar-refractivity contribution is 5.91. The summed E-state index contributed by atoms with van der Waals surface area (Å²) in [5, 5.41) is 14.6. The summed E-state index contributed by atoms with van der Waals surface area (Å²) >= 11 is 0. The van der Waals surface area contributed by atoms with E-state index in [9.17, 15) is 14.9 Å². The predicted octanol–water partition coefficient (Wildman–Crippen LogP) is 2.16. The molecule has 0 aliphatic rings. The minimum atomic E-state index is -0.466. The van der Waals surface area contributed by atoms with Crippen molar-refractivity contribution in [1.29, 1.82) is 0 Å². The number of nitro benzene ring substituents is 1. The summed E-state index contributed by atoms with van der Waals surface area (Å²) in [4.78, 5) is 23.9. The van der Waals surface area contributed by atoms with Gasteiger partial charge in [0.1, 0.15) is 0 Å². The number of nitro groups is 1. The third kappa shape index (κ3) is 2.82. The molecule has 1 heterocycles. The van der Waals surface area contributed by atoms with E-state index in [4.69, 9.17) is 4.52 Å². The zero-order chi connectivity index (χ0) is 14.7. The van der Waals surface area contributed by atoms with Gasteiger partial charge in [0.05, 0.1) is 17.2 Å². The predicted molar refractivity (Wildman–Crippen MR) is 70.1 cm³/mol. The van der Waals surface area contributed by atoms with Crippen LogP contribution in [0.15, 0.2) is 34.9 Å². The van der Waals surface area contributed by atoms with E-state index in [1.54, 1.807) is 32.2 Å². The fraction of sp³-hybridized carbons (Fsp3) is 0.231. The lowest BCUT2D eigenvalue weighted by Crippen LogP contribution is -2.26. The minimum absolute atomic E-state index is 0.0131. The Hall–Kier alpha value is -2.70. The molecule has 0 bridgehead atoms. The van der Waals surface area contributed by atoms with Crippen molar-refractivity contribution in [2.24, 2.45) is 0 Å². The number of benzene rings is 1. The summed E-state index contributed by atoms with van der Waals surface area (Å²) in [6.45, 7) is 1.83. The summed E-state index contributed by atoms with van der Waals surface area (Å²) in [6, 6.07) is 7.83. The average molecular weight is 275 g/mol. The smallest absolute Gasteiger partial charge is 0.292 e. The van der Waals surface area contributed by atoms with E-state index >= 15 is 0 Å². The summed E-state index contributed by atoms with van der Waals surface area (Å²) in [5.41, 5.74) is 1.05. The van der Waals surface area contributed by atoms with E-state index in [1.807, 2.05) is 0 Å². The van der Waals surface area contributed by atoms with Gasteiger partial charge in [0.2, 0.25) is 5.76 Å². The number of carbonyl (C=O) groups is 1. The molecule has 0 atom stereocenters. The van der Waals surface area contributed by atoms with Crippen LogP contribution in [0.5, 0.6) is 0 Å². The maximum atomic E-state index is 12.1. The van der Waals surface area contributed by atoms with E-state index in [0.717, 1.165) is 0 Å². The highest BCUT2D eigenvalue weighted by Crippen LogP contribution is 2.19. The van der Waals surface area contributed by atoms with Gasteiger partial charge < -0.3 is 9.42 Å². The van der Waals surface area contributed by atoms with Crippen molar-refractivity contribution >= 4 is 11.6 Å². The fourth-order valence-corrected chi connectivity index (χ4v) is 1.80. The molecule has 0 N–H and O–H groups in total. The highest BCUT2D eigenvalue weighted by Gasteiger charge is 2.20. The Labute approximate surface area is 114 Å². The van der Waals surface area contributed by atoms with Gasteiger partial charge in [-0.2, -0.15) is 0 Å². The van der Waals surface area contributed by atoms with Crippen LogP contribution >= 0.6 is 0 Å². The van der Waals surface area contributed by atoms with Crippen LogP contribution in [0.1, 0.15) is 21.8 Å². The Kier molecular flexibility index (Phi) is 3.79. The van der Waals surface area contributed by atoms with Gasteiger partial charge in [-0.15, -0.1) is 0 Å². The van der Waals surface area contributed by atoms with E-state index < -0.39 is 4.92 Å². The van der Waals surface area contributed by atoms with Crippen LogP contribution in [-0.2, 0) is 6.54 Å². The first-order valence-corrected chi connectivity index (χ1v) is 5.90. The van der Waals surface area contributed by atoms with E-state index in [1.165, 1.54) is 17.0 Å². The van der Waals surface area contributed by atoms with Crippen LogP contribution < -0.4 is 0 Å². The SMILES string of the molecule is Cc1cc(C(=O)N(C)Cc2ccccc2[N+](=O)[O-])on1. The lowest BCUT2D eigenvalue weighted by Gasteiger charge is -2.15. The normalized spacial score (nSPS) is 10.3. The molecule has 0 aliphatic heterocycles. The molecule has 0 fully saturated rings. The van der Waals surface area contributed by atoms with Crippen LogP contribution in [0.25, 0.3) is 0 Å². The number of aryl methyl sites for hydroxylation is 1. The number of nitrogens with zero attached hydrogens (tertiary/aromatic N) is 3. The number of aromatic nitrogens is 1. The molecule has 0 saturated carbocycles. The van der Waals surface area contributed by atoms with Gasteiger partial charge in [-0.25, -0.2) is 0 Å². The van der Waals surface area contributed by atoms with Gasteiger partial charge in [0.15, 0.2) is 0 Å². The lowest BCUT2D eigenvalue weighted by atomic mass is 10.1. The molecule has 1 aromatic heterocycles. The topological polar surface area (TPSA) is 89.5 Å². The van der Waals surface area contributed by atoms with Crippen LogP contribution in [0.2, 0.25) is 0 Å². The van der Waals surface area contributed by atoms with Crippen molar-refractivity contribution in [3.05, 3.63) is 57.5 Å². The molecule has 1 aromatic carbocycles. The molecule has 0 spiro atoms. The van der Waals surface area contributed by atoms with Gasteiger partial charge >= 0.3 is 0 Å². The monoisotopic (exact) mass is 275 g/mol. The molecule has 104 valence electrons. The molecule has 7 heteroatoms. The van der Waals surface area contributed by atoms with Gasteiger partial charge in [-0.3, -0.25) is 14.9 Å². The van der Waals surface area contributed by atoms with Crippen molar-refractivity contribution in [3.8, 4) is 0 Å². The maximum Gasteiger partial charge on any atom is 0.292 e. The van der Waals surface area contributed by atoms with E-state index in [-0.39, 0.29) is 23.9 Å². The molecule has 0 saturated heterocycles. The molecular formula is C13H13N3O4. The first-order chi connectivity index (χ1) is 9.49. The quantitative estimate of drug-likeness (QED) is 0.630. The molecule has 0 aliphatic carbocycles. The van der Waals surface area contributed by atoms with Crippen molar-refractivity contribution in [3.63, 3.8) is 0 Å². The molecule has 7 nitrogen and oxygen atoms in total. The van der Waals surface area contributed by atoms with E-state index in [2.05, 4.69) is 5.16 Å². The summed E-state index contributed by atoms with van der Waals surface area (Å²) in [7, 11) is 1.55. The van der Waals surface area contributed by atoms with Gasteiger partial charge in [-0.1, -0.05) is 23.4 Å². The number of para-hydroxylation sites is 1. The number of hydrogen-bond donors (Lipinski definition) is 0. The Balaban J connectivity index is 2.18. The van der Waals surface area contributed by atoms with Crippen molar-refractivity contribution in [1.82, 2.24) is 10.1 Å². The third-order valence-electron chi connectivity index (χ3n) is 2.78. The number of rotatable bonds is 4. The van der Waals surface area contributed by atoms with Crippen LogP contribution in [0.3, 0.4) is 0 Å². The van der Waals surface area contributed by atoms with E-state index in [0.29, 0.717) is 11.3 Å². The Bertz CT molecular complexity index is 651. The molecule has 2 aromatic rings. The van der Waals surface area contributed by atoms with Gasteiger partial charge in [0.25, 0.3) is 11.6 Å². The highest BCUT2D eigenvalue weighted by atomic mass is 16.6. The molecule has 20 heavy (non-hydrogen) atoms. The Morgan fingerprint density at radius 2 is 2.15 bits per heavy atom. The fourth-order valence-electron chi connectivity index (χ4n) is 1.80. The molecular weight excluding hydrogens is 262 g/mol. The average Bonchev–Trinajstić information content (AvgIpc) is 2.84. The third-order valence-corrected chi connectivity index (χ3v) is 2.78. The molecule has 0 unspecified atom stereocenters. The largest absolute Gasteiger partial charge is 0.351 e. The zero-order valence-electron chi connectivity index (χ0n) is 11.1. The second-order valence-corrected chi connectivity index (χ2v) is 4.38. The summed E-state index contributed by atoms with van der Waals surface area (Å²) in [6.07, 6.45) is 0. The second-order valence-electron chi connectivity index (χ2n) is 4.38. The van der Waals surface area contributed by atoms with Gasteiger partial charge in [0, 0.05) is 24.7 Å². The molecule has 2 rings (SSSR count). The van der Waals surface area contributed by atoms with Gasteiger partial charge in [-0.05, 0) is 6.92 Å². The van der Waals surface area contributed by atoms with Crippen molar-refractivity contribution in [2.45, 2.75) is 13.5 Å². The standard InChI is InChI=1S/C13H13N3O4/c1-9-7-12(20-14-9)13(17)15(2)8-10-5-3-4-6-11(10)16(18)19/h3-7H,8H2,1-2H3. The lowest BCUT2D eigenvalue weighted by molar-refractivity contribution is -0.385. The summed E-state index contributed by atoms with van der Waals surface area (Å²) < 4.78 is 4.89. The number of hydrogen-bond acceptors (Lipinski definition) is 5. The molecule has 0 radical (unpaired) electrons. The second kappa shape index (κ2) is 5.52. The zero-order valence-corrected chi connectivity index (χ0v) is 11.1. The Morgan fingerprint density at radius 3 is 2.75 bits per heavy atom. The van der Waals surface area contributed by atoms with Crippen LogP contribution in [-0.4, -0.2) is 27.9 Å². The number of carbonyl (C=O) groups excluding carboxylic acids is 1. The van der Waals surface area contributed by atoms with Crippen molar-refractivity contribution < 1.29 is 14.2 Å². The minimum Gasteiger partial charge on any atom is -0.351 e.